The fraction of sp³-hybridized carbons (Fsp3) is 0.167. The van der Waals surface area contributed by atoms with Gasteiger partial charge in [-0.15, -0.1) is 11.3 Å². The Labute approximate surface area is 93.3 Å². The summed E-state index contributed by atoms with van der Waals surface area (Å²) in [4.78, 5) is 1.25. The molecule has 0 saturated heterocycles. The second kappa shape index (κ2) is 4.84. The Morgan fingerprint density at radius 3 is 2.53 bits per heavy atom. The smallest absolute Gasteiger partial charge is 0.103 e. The first-order chi connectivity index (χ1) is 7.36. The molecule has 1 aromatic heterocycles. The maximum absolute atomic E-state index is 4.27. The van der Waals surface area contributed by atoms with Crippen LogP contribution in [-0.2, 0) is 0 Å². The van der Waals surface area contributed by atoms with Crippen molar-refractivity contribution in [1.29, 1.82) is 0 Å². The predicted molar refractivity (Wildman–Crippen MR) is 63.7 cm³/mol. The molecule has 0 spiro atoms. The highest BCUT2D eigenvalue weighted by atomic mass is 32.1. The van der Waals surface area contributed by atoms with Crippen LogP contribution in [0.15, 0.2) is 58.1 Å². The molecule has 1 unspecified atom stereocenters. The van der Waals surface area contributed by atoms with Crippen molar-refractivity contribution < 1.29 is 0 Å². The lowest BCUT2D eigenvalue weighted by molar-refractivity contribution is 0.779. The van der Waals surface area contributed by atoms with E-state index in [0.717, 1.165) is 5.69 Å². The van der Waals surface area contributed by atoms with E-state index in [-0.39, 0.29) is 6.04 Å². The molecule has 3 heteroatoms. The molecule has 0 saturated carbocycles. The molecule has 0 aliphatic rings. The van der Waals surface area contributed by atoms with Gasteiger partial charge >= 0.3 is 0 Å². The van der Waals surface area contributed by atoms with Crippen LogP contribution in [0.5, 0.6) is 0 Å². The van der Waals surface area contributed by atoms with Gasteiger partial charge in [0, 0.05) is 4.88 Å². The van der Waals surface area contributed by atoms with Crippen molar-refractivity contribution in [1.82, 2.24) is 0 Å². The third kappa shape index (κ3) is 2.73. The molecule has 0 N–H and O–H groups in total. The second-order valence-corrected chi connectivity index (χ2v) is 4.22. The van der Waals surface area contributed by atoms with E-state index in [2.05, 4.69) is 28.6 Å². The van der Waals surface area contributed by atoms with Gasteiger partial charge in [0.25, 0.3) is 0 Å². The minimum atomic E-state index is 0.144. The fourth-order valence-electron chi connectivity index (χ4n) is 1.23. The lowest BCUT2D eigenvalue weighted by atomic mass is 10.3. The average molecular weight is 216 g/mol. The first-order valence-electron chi connectivity index (χ1n) is 4.85. The standard InChI is InChI=1S/C12H12N2S/c1-10(12-8-5-9-15-12)13-14-11-6-3-2-4-7-11/h2-10H,1H3. The Morgan fingerprint density at radius 2 is 1.87 bits per heavy atom. The predicted octanol–water partition coefficient (Wildman–Crippen LogP) is 4.59. The molecule has 76 valence electrons. The summed E-state index contributed by atoms with van der Waals surface area (Å²) in [6.45, 7) is 2.05. The highest BCUT2D eigenvalue weighted by Gasteiger charge is 2.03. The summed E-state index contributed by atoms with van der Waals surface area (Å²) < 4.78 is 0. The minimum absolute atomic E-state index is 0.144. The summed E-state index contributed by atoms with van der Waals surface area (Å²) in [6, 6.07) is 14.1. The molecular formula is C12H12N2S. The number of hydrogen-bond donors (Lipinski definition) is 0. The number of benzene rings is 1. The molecule has 15 heavy (non-hydrogen) atoms. The molecule has 0 radical (unpaired) electrons. The second-order valence-electron chi connectivity index (χ2n) is 3.24. The highest BCUT2D eigenvalue weighted by Crippen LogP contribution is 2.23. The van der Waals surface area contributed by atoms with E-state index in [1.807, 2.05) is 36.4 Å². The molecule has 0 amide bonds. The Kier molecular flexibility index (Phi) is 3.25. The number of nitrogens with zero attached hydrogens (tertiary/aromatic N) is 2. The number of thiophene rings is 1. The van der Waals surface area contributed by atoms with Crippen LogP contribution in [0.1, 0.15) is 17.8 Å². The van der Waals surface area contributed by atoms with Crippen LogP contribution in [0.3, 0.4) is 0 Å². The molecule has 2 rings (SSSR count). The lowest BCUT2D eigenvalue weighted by Gasteiger charge is -1.99. The molecule has 1 heterocycles. The van der Waals surface area contributed by atoms with Gasteiger partial charge in [-0.1, -0.05) is 24.3 Å². The summed E-state index contributed by atoms with van der Waals surface area (Å²) in [5, 5.41) is 10.5. The molecule has 0 aliphatic heterocycles. The zero-order valence-electron chi connectivity index (χ0n) is 8.50. The van der Waals surface area contributed by atoms with Gasteiger partial charge in [0.15, 0.2) is 0 Å². The van der Waals surface area contributed by atoms with Crippen LogP contribution in [0, 0.1) is 0 Å². The summed E-state index contributed by atoms with van der Waals surface area (Å²) in [7, 11) is 0. The average Bonchev–Trinajstić information content (AvgIpc) is 2.81. The third-order valence-electron chi connectivity index (χ3n) is 2.06. The summed E-state index contributed by atoms with van der Waals surface area (Å²) in [6.07, 6.45) is 0. The lowest BCUT2D eigenvalue weighted by Crippen LogP contribution is -1.81. The SMILES string of the molecule is CC(N=Nc1ccccc1)c1cccs1. The molecule has 2 nitrogen and oxygen atoms in total. The minimum Gasteiger partial charge on any atom is -0.180 e. The largest absolute Gasteiger partial charge is 0.180 e. The normalized spacial score (nSPS) is 13.1. The van der Waals surface area contributed by atoms with Crippen LogP contribution in [0.25, 0.3) is 0 Å². The monoisotopic (exact) mass is 216 g/mol. The summed E-state index contributed by atoms with van der Waals surface area (Å²) in [5.41, 5.74) is 0.904. The van der Waals surface area contributed by atoms with Crippen molar-refractivity contribution in [2.45, 2.75) is 13.0 Å². The maximum atomic E-state index is 4.27. The van der Waals surface area contributed by atoms with Crippen molar-refractivity contribution >= 4 is 17.0 Å². The van der Waals surface area contributed by atoms with Crippen LogP contribution in [-0.4, -0.2) is 0 Å². The van der Waals surface area contributed by atoms with Gasteiger partial charge in [0.1, 0.15) is 6.04 Å². The highest BCUT2D eigenvalue weighted by molar-refractivity contribution is 7.10. The Bertz CT molecular complexity index is 420. The number of azo groups is 1. The van der Waals surface area contributed by atoms with E-state index < -0.39 is 0 Å². The third-order valence-corrected chi connectivity index (χ3v) is 3.10. The van der Waals surface area contributed by atoms with Gasteiger partial charge in [0.05, 0.1) is 5.69 Å². The first-order valence-corrected chi connectivity index (χ1v) is 5.73. The van der Waals surface area contributed by atoms with E-state index in [1.54, 1.807) is 11.3 Å². The van der Waals surface area contributed by atoms with Gasteiger partial charge in [-0.3, -0.25) is 0 Å². The topological polar surface area (TPSA) is 24.7 Å². The molecular weight excluding hydrogens is 204 g/mol. The van der Waals surface area contributed by atoms with Gasteiger partial charge in [-0.2, -0.15) is 10.2 Å². The van der Waals surface area contributed by atoms with Gasteiger partial charge in [-0.05, 0) is 30.5 Å². The Morgan fingerprint density at radius 1 is 1.07 bits per heavy atom. The molecule has 2 aromatic rings. The molecule has 1 atom stereocenters. The van der Waals surface area contributed by atoms with Crippen molar-refractivity contribution in [3.05, 3.63) is 52.7 Å². The van der Waals surface area contributed by atoms with E-state index in [9.17, 15) is 0 Å². The van der Waals surface area contributed by atoms with E-state index in [0.29, 0.717) is 0 Å². The summed E-state index contributed by atoms with van der Waals surface area (Å²) in [5.74, 6) is 0. The quantitative estimate of drug-likeness (QED) is 0.670. The van der Waals surface area contributed by atoms with Crippen molar-refractivity contribution in [3.8, 4) is 0 Å². The fourth-order valence-corrected chi connectivity index (χ4v) is 1.95. The van der Waals surface area contributed by atoms with Gasteiger partial charge in [0.2, 0.25) is 0 Å². The Balaban J connectivity index is 2.06. The van der Waals surface area contributed by atoms with Crippen molar-refractivity contribution in [2.75, 3.05) is 0 Å². The van der Waals surface area contributed by atoms with E-state index in [1.165, 1.54) is 4.88 Å². The van der Waals surface area contributed by atoms with E-state index in [4.69, 9.17) is 0 Å². The first kappa shape index (κ1) is 10.1. The van der Waals surface area contributed by atoms with Crippen molar-refractivity contribution in [3.63, 3.8) is 0 Å². The zero-order valence-corrected chi connectivity index (χ0v) is 9.32. The maximum Gasteiger partial charge on any atom is 0.103 e. The van der Waals surface area contributed by atoms with Crippen LogP contribution in [0.2, 0.25) is 0 Å². The van der Waals surface area contributed by atoms with E-state index >= 15 is 0 Å². The molecule has 0 fully saturated rings. The van der Waals surface area contributed by atoms with Crippen molar-refractivity contribution in [2.24, 2.45) is 10.2 Å². The van der Waals surface area contributed by atoms with Crippen LogP contribution >= 0.6 is 11.3 Å². The van der Waals surface area contributed by atoms with Crippen LogP contribution in [0.4, 0.5) is 5.69 Å². The molecule has 1 aromatic carbocycles. The zero-order chi connectivity index (χ0) is 10.5. The van der Waals surface area contributed by atoms with Gasteiger partial charge in [-0.25, -0.2) is 0 Å². The van der Waals surface area contributed by atoms with Crippen LogP contribution < -0.4 is 0 Å². The van der Waals surface area contributed by atoms with Gasteiger partial charge < -0.3 is 0 Å². The molecule has 0 aliphatic carbocycles. The summed E-state index contributed by atoms with van der Waals surface area (Å²) >= 11 is 1.71. The Hall–Kier alpha value is -1.48. The molecule has 0 bridgehead atoms. The number of hydrogen-bond acceptors (Lipinski definition) is 3. The number of rotatable bonds is 3.